The highest BCUT2D eigenvalue weighted by Crippen LogP contribution is 2.81. The predicted octanol–water partition coefficient (Wildman–Crippen LogP) is 2.29. The molecule has 2 aromatic heterocycles. The number of hydrogen-bond acceptors (Lipinski definition) is 16. The van der Waals surface area contributed by atoms with Gasteiger partial charge in [-0.2, -0.15) is 0 Å². The summed E-state index contributed by atoms with van der Waals surface area (Å²) in [5.74, 6) is 2.44. The molecule has 10 aliphatic rings. The molecule has 12 rings (SSSR count). The Labute approximate surface area is 461 Å². The first-order chi connectivity index (χ1) is 37.6. The molecule has 1 amide bonds. The fraction of sp³-hybridized carbons (Fsp3) is 0.797. The van der Waals surface area contributed by atoms with E-state index in [-0.39, 0.29) is 43.3 Å². The van der Waals surface area contributed by atoms with Gasteiger partial charge in [-0.15, -0.1) is 5.92 Å². The Morgan fingerprint density at radius 3 is 2.41 bits per heavy atom. The van der Waals surface area contributed by atoms with E-state index in [0.29, 0.717) is 88.7 Å². The van der Waals surface area contributed by atoms with Crippen LogP contribution in [0.5, 0.6) is 0 Å². The van der Waals surface area contributed by atoms with Gasteiger partial charge in [0.15, 0.2) is 6.29 Å². The maximum absolute atomic E-state index is 15.3. The summed E-state index contributed by atoms with van der Waals surface area (Å²) < 4.78 is 12.8. The van der Waals surface area contributed by atoms with E-state index in [0.717, 1.165) is 24.1 Å². The van der Waals surface area contributed by atoms with Gasteiger partial charge in [-0.05, 0) is 110 Å². The second-order valence-electron chi connectivity index (χ2n) is 27.5. The van der Waals surface area contributed by atoms with Crippen LogP contribution in [0.3, 0.4) is 0 Å². The highest BCUT2D eigenvalue weighted by Gasteiger charge is 2.79. The molecule has 2 spiro atoms. The molecule has 2 aromatic rings. The summed E-state index contributed by atoms with van der Waals surface area (Å²) >= 11 is 0. The molecular formula is C59H85N7O13. The van der Waals surface area contributed by atoms with Crippen LogP contribution < -0.4 is 16.4 Å². The van der Waals surface area contributed by atoms with E-state index in [9.17, 15) is 50.8 Å². The van der Waals surface area contributed by atoms with Gasteiger partial charge in [-0.3, -0.25) is 9.59 Å². The number of aromatic nitrogens is 4. The lowest BCUT2D eigenvalue weighted by Gasteiger charge is -2.76. The third-order valence-electron chi connectivity index (χ3n) is 24.4. The Kier molecular flexibility index (Phi) is 13.8. The van der Waals surface area contributed by atoms with Gasteiger partial charge in [0.2, 0.25) is 5.91 Å². The van der Waals surface area contributed by atoms with Crippen LogP contribution >= 0.6 is 0 Å². The van der Waals surface area contributed by atoms with E-state index in [1.54, 1.807) is 12.5 Å². The lowest BCUT2D eigenvalue weighted by molar-refractivity contribution is -0.344. The Morgan fingerprint density at radius 2 is 1.71 bits per heavy atom. The van der Waals surface area contributed by atoms with E-state index in [1.807, 2.05) is 6.92 Å². The second kappa shape index (κ2) is 19.6. The first kappa shape index (κ1) is 55.5. The number of imidazole rings is 2. The smallest absolute Gasteiger partial charge is 0.310 e. The summed E-state index contributed by atoms with van der Waals surface area (Å²) in [5.41, 5.74) is 2.37. The van der Waals surface area contributed by atoms with Crippen molar-refractivity contribution < 1.29 is 65.0 Å². The average Bonchev–Trinajstić information content (AvgIpc) is 4.04. The minimum absolute atomic E-state index is 0.0795. The molecular weight excluding hydrogens is 1010 g/mol. The van der Waals surface area contributed by atoms with Crippen molar-refractivity contribution in [3.63, 3.8) is 0 Å². The summed E-state index contributed by atoms with van der Waals surface area (Å²) in [6.45, 7) is 8.17. The van der Waals surface area contributed by atoms with Gasteiger partial charge in [-0.1, -0.05) is 58.1 Å². The minimum atomic E-state index is -1.71. The Hall–Kier alpha value is -3.98. The normalized spacial score (nSPS) is 47.7. The molecule has 5 heterocycles. The lowest BCUT2D eigenvalue weighted by atomic mass is 9.27. The van der Waals surface area contributed by atoms with Crippen LogP contribution in [-0.2, 0) is 25.5 Å². The van der Waals surface area contributed by atoms with E-state index >= 15 is 4.79 Å². The highest BCUT2D eigenvalue weighted by molar-refractivity contribution is 5.86. The van der Waals surface area contributed by atoms with Crippen LogP contribution in [0.4, 0.5) is 5.82 Å². The SMILES string of the molecule is CC1(CO)CCC2(C(=O)O)C(C1)C1=CCC3C4(C)C5C(O)C(OC6OCC(O)C(O)C6O)C(C)(CO)C4CCC3(C)C1(CCC#CC5C1C(C(c3cnc[nH]3)C(O)CC(N)O)NC(=O)C13CCCC3)C1Cc3[nH]cnc3NCC12. The lowest BCUT2D eigenvalue weighted by Crippen LogP contribution is -2.75. The number of aliphatic carboxylic acids is 1. The van der Waals surface area contributed by atoms with E-state index in [2.05, 4.69) is 64.3 Å². The number of aromatic amines is 2. The molecule has 20 nitrogen and oxygen atoms in total. The molecule has 7 aliphatic carbocycles. The molecule has 434 valence electrons. The first-order valence-electron chi connectivity index (χ1n) is 29.4. The van der Waals surface area contributed by atoms with Gasteiger partial charge < -0.3 is 81.8 Å². The summed E-state index contributed by atoms with van der Waals surface area (Å²) in [4.78, 5) is 45.7. The van der Waals surface area contributed by atoms with Gasteiger partial charge in [-0.25, -0.2) is 9.97 Å². The summed E-state index contributed by atoms with van der Waals surface area (Å²) in [6, 6.07) is -0.821. The van der Waals surface area contributed by atoms with Gasteiger partial charge in [0.1, 0.15) is 30.4 Å². The number of nitrogens with one attached hydrogen (secondary N) is 4. The van der Waals surface area contributed by atoms with Gasteiger partial charge >= 0.3 is 5.97 Å². The highest BCUT2D eigenvalue weighted by atomic mass is 16.7. The number of anilines is 1. The Morgan fingerprint density at radius 1 is 0.937 bits per heavy atom. The molecule has 4 bridgehead atoms. The van der Waals surface area contributed by atoms with Crippen LogP contribution in [0.15, 0.2) is 30.5 Å². The molecule has 5 saturated carbocycles. The van der Waals surface area contributed by atoms with Crippen molar-refractivity contribution in [2.75, 3.05) is 31.7 Å². The number of allylic oxidation sites excluding steroid dienone is 2. The number of carboxylic acid groups (broad SMARTS) is 1. The second-order valence-corrected chi connectivity index (χ2v) is 27.5. The van der Waals surface area contributed by atoms with Crippen LogP contribution in [-0.4, -0.2) is 159 Å². The Bertz CT molecular complexity index is 2740. The molecule has 7 fully saturated rings. The summed E-state index contributed by atoms with van der Waals surface area (Å²) in [5, 5.41) is 113. The number of H-pyrrole nitrogens is 2. The van der Waals surface area contributed by atoms with Crippen molar-refractivity contribution in [1.29, 1.82) is 0 Å². The van der Waals surface area contributed by atoms with Crippen LogP contribution in [0.1, 0.15) is 128 Å². The van der Waals surface area contributed by atoms with E-state index in [4.69, 9.17) is 20.2 Å². The number of carbonyl (C=O) groups excluding carboxylic acids is 1. The zero-order valence-corrected chi connectivity index (χ0v) is 46.1. The van der Waals surface area contributed by atoms with Gasteiger partial charge in [0.05, 0.1) is 60.7 Å². The quantitative estimate of drug-likeness (QED) is 0.0664. The monoisotopic (exact) mass is 1100 g/mol. The summed E-state index contributed by atoms with van der Waals surface area (Å²) in [6.07, 6.45) is 2.48. The molecule has 3 aliphatic heterocycles. The fourth-order valence-electron chi connectivity index (χ4n) is 21.0. The van der Waals surface area contributed by atoms with E-state index in [1.165, 1.54) is 6.33 Å². The molecule has 2 saturated heterocycles. The molecule has 0 radical (unpaired) electrons. The van der Waals surface area contributed by atoms with Crippen molar-refractivity contribution >= 4 is 17.7 Å². The number of rotatable bonds is 11. The van der Waals surface area contributed by atoms with Crippen molar-refractivity contribution in [3.05, 3.63) is 41.9 Å². The standard InChI is InChI=1S/C59H85N7O13/c1-53(25-67)17-18-58(52(76)77)32(21-53)30-10-11-39-55(3)16-12-38-54(2,26-68)48(79-50-47(74)45(72)37(70)24-78-50)46(73)43(56(38,39)4)29(9-5-6-15-59(30,55)31-19-34-49(65-28-64-34)62-22-33(31)58)42-44(66-51(75)57(42)13-7-8-14-57)41(35-23-61-27-63-35)36(69)20-40(60)71/h10,23,27-29,31-33,36-48,50,62,67-74H,6-8,11-22,24-26,60H2,1-4H3,(H,61,63)(H,64,65)(H,66,75)(H,76,77). The number of aliphatic hydroxyl groups is 8. The maximum Gasteiger partial charge on any atom is 0.310 e. The third kappa shape index (κ3) is 7.65. The molecule has 24 unspecified atom stereocenters. The number of ether oxygens (including phenoxy) is 2. The Balaban J connectivity index is 1.11. The minimum Gasteiger partial charge on any atom is -0.481 e. The molecule has 24 atom stereocenters. The maximum atomic E-state index is 15.3. The zero-order valence-electron chi connectivity index (χ0n) is 46.1. The number of nitrogens with zero attached hydrogens (tertiary/aromatic N) is 2. The van der Waals surface area contributed by atoms with Crippen molar-refractivity contribution in [2.24, 2.45) is 91.0 Å². The number of carboxylic acids is 1. The molecule has 20 heteroatoms. The topological polar surface area (TPSA) is 342 Å². The number of fused-ring (bicyclic) bond motifs is 5. The largest absolute Gasteiger partial charge is 0.481 e. The van der Waals surface area contributed by atoms with Gasteiger partial charge in [0, 0.05) is 78.4 Å². The number of amides is 1. The number of hydrogen-bond donors (Lipinski definition) is 14. The number of nitrogens with two attached hydrogens (primary N) is 1. The average molecular weight is 1100 g/mol. The summed E-state index contributed by atoms with van der Waals surface area (Å²) in [7, 11) is 0. The zero-order chi connectivity index (χ0) is 56.0. The number of carbonyl (C=O) groups is 2. The van der Waals surface area contributed by atoms with Crippen LogP contribution in [0.25, 0.3) is 0 Å². The van der Waals surface area contributed by atoms with E-state index < -0.39 is 141 Å². The molecule has 15 N–H and O–H groups in total. The van der Waals surface area contributed by atoms with Crippen LogP contribution in [0, 0.1) is 97.1 Å². The van der Waals surface area contributed by atoms with Crippen molar-refractivity contribution in [2.45, 2.75) is 179 Å². The fourth-order valence-corrected chi connectivity index (χ4v) is 21.0. The van der Waals surface area contributed by atoms with Crippen molar-refractivity contribution in [3.8, 4) is 11.8 Å². The first-order valence-corrected chi connectivity index (χ1v) is 29.4. The molecule has 0 aromatic carbocycles. The third-order valence-corrected chi connectivity index (χ3v) is 24.4. The van der Waals surface area contributed by atoms with Gasteiger partial charge in [0.25, 0.3) is 0 Å². The predicted molar refractivity (Wildman–Crippen MR) is 284 cm³/mol. The van der Waals surface area contributed by atoms with Crippen LogP contribution in [0.2, 0.25) is 0 Å². The number of aliphatic hydroxyl groups excluding tert-OH is 8. The van der Waals surface area contributed by atoms with Crippen molar-refractivity contribution in [1.82, 2.24) is 25.3 Å². The molecule has 79 heavy (non-hydrogen) atoms.